The molecule has 37 heavy (non-hydrogen) atoms. The number of hydrogen-bond donors (Lipinski definition) is 3. The Labute approximate surface area is 215 Å². The van der Waals surface area contributed by atoms with Crippen molar-refractivity contribution < 1.29 is 24.2 Å². The van der Waals surface area contributed by atoms with Crippen molar-refractivity contribution in [2.24, 2.45) is 17.8 Å². The number of rotatable bonds is 10. The zero-order valence-electron chi connectivity index (χ0n) is 21.6. The molecule has 3 aliphatic rings. The highest BCUT2D eigenvalue weighted by atomic mass is 16.5. The molecule has 2 bridgehead atoms. The van der Waals surface area contributed by atoms with Crippen LogP contribution in [0, 0.1) is 17.8 Å². The summed E-state index contributed by atoms with van der Waals surface area (Å²) in [5, 5.41) is 24.4. The molecule has 11 nitrogen and oxygen atoms in total. The number of benzene rings is 1. The standard InChI is InChI=1S/C26H36N6O5/c1-4-11-27-23(34)20-19-9-10-26(37-19)21(20)25(36)32(16(13-33)12-15(2)3)22(26)24(35)28-14-31-18-8-6-5-7-17(18)29-30-31/h5-8,15-16,19-22,33H,4,9-14H2,1-3H3,(H,27,34)(H,28,35)/t16-,19-,20+,21+,22?,26?/m1/s1. The van der Waals surface area contributed by atoms with Crippen LogP contribution < -0.4 is 10.6 Å². The van der Waals surface area contributed by atoms with E-state index in [4.69, 9.17) is 4.74 Å². The van der Waals surface area contributed by atoms with Crippen molar-refractivity contribution in [1.29, 1.82) is 0 Å². The second-order valence-corrected chi connectivity index (χ2v) is 10.8. The number of carbonyl (C=O) groups excluding carboxylic acids is 3. The summed E-state index contributed by atoms with van der Waals surface area (Å²) in [5.41, 5.74) is 0.385. The fourth-order valence-corrected chi connectivity index (χ4v) is 6.55. The van der Waals surface area contributed by atoms with Gasteiger partial charge in [0.15, 0.2) is 0 Å². The maximum absolute atomic E-state index is 14.0. The highest BCUT2D eigenvalue weighted by Crippen LogP contribution is 2.58. The Morgan fingerprint density at radius 3 is 2.76 bits per heavy atom. The SMILES string of the molecule is CCCNC(=O)[C@@H]1[C@H]2C(=O)N([C@@H](CO)CC(C)C)C(C(=O)NCn3nnc4ccccc43)C23CC[C@H]1O3. The molecule has 200 valence electrons. The van der Waals surface area contributed by atoms with E-state index in [9.17, 15) is 19.5 Å². The zero-order chi connectivity index (χ0) is 26.3. The zero-order valence-corrected chi connectivity index (χ0v) is 21.6. The van der Waals surface area contributed by atoms with Gasteiger partial charge < -0.3 is 25.4 Å². The number of aliphatic hydroxyl groups is 1. The Morgan fingerprint density at radius 2 is 2.03 bits per heavy atom. The molecule has 1 aromatic heterocycles. The van der Waals surface area contributed by atoms with E-state index in [1.54, 1.807) is 4.68 Å². The van der Waals surface area contributed by atoms with Crippen LogP contribution in [0.25, 0.3) is 11.0 Å². The maximum atomic E-state index is 14.0. The van der Waals surface area contributed by atoms with Crippen LogP contribution in [0.5, 0.6) is 0 Å². The van der Waals surface area contributed by atoms with Gasteiger partial charge in [-0.2, -0.15) is 0 Å². The molecule has 0 radical (unpaired) electrons. The molecule has 3 N–H and O–H groups in total. The molecule has 4 heterocycles. The molecule has 0 aliphatic carbocycles. The van der Waals surface area contributed by atoms with Crippen LogP contribution in [0.2, 0.25) is 0 Å². The third kappa shape index (κ3) is 4.17. The number of hydrogen-bond acceptors (Lipinski definition) is 7. The van der Waals surface area contributed by atoms with E-state index in [1.165, 1.54) is 4.90 Å². The summed E-state index contributed by atoms with van der Waals surface area (Å²) in [7, 11) is 0. The highest BCUT2D eigenvalue weighted by molar-refractivity contribution is 5.99. The number of ether oxygens (including phenoxy) is 1. The minimum absolute atomic E-state index is 0.0659. The molecule has 2 aromatic rings. The summed E-state index contributed by atoms with van der Waals surface area (Å²) in [6, 6.07) is 5.94. The van der Waals surface area contributed by atoms with Gasteiger partial charge in [-0.25, -0.2) is 4.68 Å². The van der Waals surface area contributed by atoms with Crippen molar-refractivity contribution in [1.82, 2.24) is 30.5 Å². The molecule has 0 saturated carbocycles. The molecule has 3 aliphatic heterocycles. The quantitative estimate of drug-likeness (QED) is 0.428. The van der Waals surface area contributed by atoms with Gasteiger partial charge in [-0.1, -0.05) is 38.1 Å². The number of likely N-dealkylation sites (tertiary alicyclic amines) is 1. The Kier molecular flexibility index (Phi) is 6.93. The molecule has 3 amide bonds. The number of nitrogens with one attached hydrogen (secondary N) is 2. The van der Waals surface area contributed by atoms with E-state index < -0.39 is 35.6 Å². The van der Waals surface area contributed by atoms with Gasteiger partial charge in [-0.3, -0.25) is 14.4 Å². The molecule has 5 rings (SSSR count). The monoisotopic (exact) mass is 512 g/mol. The number of aromatic nitrogens is 3. The summed E-state index contributed by atoms with van der Waals surface area (Å²) < 4.78 is 8.03. The first-order valence-corrected chi connectivity index (χ1v) is 13.3. The third-order valence-electron chi connectivity index (χ3n) is 8.01. The normalized spacial score (nSPS) is 29.2. The van der Waals surface area contributed by atoms with Crippen LogP contribution in [0.4, 0.5) is 0 Å². The fraction of sp³-hybridized carbons (Fsp3) is 0.654. The van der Waals surface area contributed by atoms with E-state index in [0.717, 1.165) is 11.9 Å². The number of aliphatic hydroxyl groups excluding tert-OH is 1. The first kappa shape index (κ1) is 25.6. The van der Waals surface area contributed by atoms with Crippen molar-refractivity contribution >= 4 is 28.8 Å². The molecule has 3 fully saturated rings. The van der Waals surface area contributed by atoms with Gasteiger partial charge in [0.2, 0.25) is 17.7 Å². The van der Waals surface area contributed by atoms with Crippen molar-refractivity contribution in [2.75, 3.05) is 13.2 Å². The van der Waals surface area contributed by atoms with Crippen LogP contribution in [-0.2, 0) is 25.8 Å². The third-order valence-corrected chi connectivity index (χ3v) is 8.01. The van der Waals surface area contributed by atoms with Crippen LogP contribution >= 0.6 is 0 Å². The van der Waals surface area contributed by atoms with E-state index >= 15 is 0 Å². The second kappa shape index (κ2) is 10.0. The topological polar surface area (TPSA) is 139 Å². The van der Waals surface area contributed by atoms with E-state index in [0.29, 0.717) is 31.3 Å². The Bertz CT molecular complexity index is 1180. The molecule has 3 saturated heterocycles. The van der Waals surface area contributed by atoms with Crippen LogP contribution in [-0.4, -0.2) is 79.7 Å². The molecule has 2 unspecified atom stereocenters. The largest absolute Gasteiger partial charge is 0.394 e. The van der Waals surface area contributed by atoms with Crippen LogP contribution in [0.3, 0.4) is 0 Å². The summed E-state index contributed by atoms with van der Waals surface area (Å²) >= 11 is 0. The number of amides is 3. The molecular formula is C26H36N6O5. The minimum atomic E-state index is -1.10. The lowest BCUT2D eigenvalue weighted by Crippen LogP contribution is -2.58. The van der Waals surface area contributed by atoms with Gasteiger partial charge in [-0.05, 0) is 43.7 Å². The molecule has 6 atom stereocenters. The summed E-state index contributed by atoms with van der Waals surface area (Å²) in [5.74, 6) is -2.09. The molecule has 1 aromatic carbocycles. The Morgan fingerprint density at radius 1 is 1.24 bits per heavy atom. The predicted octanol–water partition coefficient (Wildman–Crippen LogP) is 0.813. The van der Waals surface area contributed by atoms with Crippen molar-refractivity contribution in [3.05, 3.63) is 24.3 Å². The predicted molar refractivity (Wildman–Crippen MR) is 134 cm³/mol. The van der Waals surface area contributed by atoms with E-state index in [1.807, 2.05) is 45.0 Å². The van der Waals surface area contributed by atoms with Crippen molar-refractivity contribution in [3.63, 3.8) is 0 Å². The van der Waals surface area contributed by atoms with Gasteiger partial charge in [-0.15, -0.1) is 5.10 Å². The lowest BCUT2D eigenvalue weighted by Gasteiger charge is -2.37. The van der Waals surface area contributed by atoms with Gasteiger partial charge in [0, 0.05) is 6.54 Å². The smallest absolute Gasteiger partial charge is 0.247 e. The number of nitrogens with zero attached hydrogens (tertiary/aromatic N) is 4. The summed E-state index contributed by atoms with van der Waals surface area (Å²) in [4.78, 5) is 42.6. The maximum Gasteiger partial charge on any atom is 0.247 e. The first-order chi connectivity index (χ1) is 17.8. The number of carbonyl (C=O) groups is 3. The molecule has 11 heteroatoms. The van der Waals surface area contributed by atoms with Crippen LogP contribution in [0.15, 0.2) is 24.3 Å². The van der Waals surface area contributed by atoms with Gasteiger partial charge >= 0.3 is 0 Å². The molecule has 1 spiro atoms. The lowest BCUT2D eigenvalue weighted by molar-refractivity contribution is -0.146. The van der Waals surface area contributed by atoms with E-state index in [2.05, 4.69) is 20.9 Å². The van der Waals surface area contributed by atoms with Crippen LogP contribution in [0.1, 0.15) is 46.5 Å². The number of para-hydroxylation sites is 1. The fourth-order valence-electron chi connectivity index (χ4n) is 6.55. The molecular weight excluding hydrogens is 476 g/mol. The van der Waals surface area contributed by atoms with Crippen molar-refractivity contribution in [3.8, 4) is 0 Å². The summed E-state index contributed by atoms with van der Waals surface area (Å²) in [6.07, 6.45) is 2.02. The Hall–Kier alpha value is -3.05. The lowest BCUT2D eigenvalue weighted by atomic mass is 9.70. The van der Waals surface area contributed by atoms with Gasteiger partial charge in [0.1, 0.15) is 23.8 Å². The number of fused-ring (bicyclic) bond motifs is 2. The van der Waals surface area contributed by atoms with Crippen molar-refractivity contribution in [2.45, 2.75) is 76.9 Å². The van der Waals surface area contributed by atoms with E-state index in [-0.39, 0.29) is 36.9 Å². The Balaban J connectivity index is 1.47. The average molecular weight is 513 g/mol. The highest BCUT2D eigenvalue weighted by Gasteiger charge is 2.75. The van der Waals surface area contributed by atoms with Gasteiger partial charge in [0.05, 0.1) is 36.1 Å². The first-order valence-electron chi connectivity index (χ1n) is 13.3. The second-order valence-electron chi connectivity index (χ2n) is 10.8. The minimum Gasteiger partial charge on any atom is -0.394 e. The van der Waals surface area contributed by atoms with Gasteiger partial charge in [0.25, 0.3) is 0 Å². The average Bonchev–Trinajstić information content (AvgIpc) is 3.63. The summed E-state index contributed by atoms with van der Waals surface area (Å²) in [6.45, 7) is 6.30.